The summed E-state index contributed by atoms with van der Waals surface area (Å²) in [7, 11) is 0. The van der Waals surface area contributed by atoms with Crippen molar-refractivity contribution in [2.24, 2.45) is 22.4 Å². The predicted molar refractivity (Wildman–Crippen MR) is 252 cm³/mol. The number of alkyl halides is 3. The number of hydrogen-bond acceptors (Lipinski definition) is 8. The summed E-state index contributed by atoms with van der Waals surface area (Å²) < 4.78 is 31.7. The van der Waals surface area contributed by atoms with E-state index in [4.69, 9.17) is 21.4 Å². The van der Waals surface area contributed by atoms with Gasteiger partial charge in [-0.3, -0.25) is 33.8 Å². The summed E-state index contributed by atoms with van der Waals surface area (Å²) in [5.41, 5.74) is 14.6. The Kier molecular flexibility index (Phi) is 19.4. The number of aliphatic imine (C=N–C) groups is 1. The summed E-state index contributed by atoms with van der Waals surface area (Å²) in [6, 6.07) is 33.1. The average Bonchev–Trinajstić information content (AvgIpc) is 3.71. The summed E-state index contributed by atoms with van der Waals surface area (Å²) in [6.07, 6.45) is -3.19. The van der Waals surface area contributed by atoms with Crippen molar-refractivity contribution in [3.63, 3.8) is 0 Å². The molecule has 0 saturated carbocycles. The van der Waals surface area contributed by atoms with Gasteiger partial charge in [0.15, 0.2) is 5.96 Å². The van der Waals surface area contributed by atoms with E-state index in [9.17, 15) is 47.0 Å². The Morgan fingerprint density at radius 1 is 0.743 bits per heavy atom. The van der Waals surface area contributed by atoms with Gasteiger partial charge in [0.25, 0.3) is 5.91 Å². The van der Waals surface area contributed by atoms with Gasteiger partial charge in [-0.25, -0.2) is 4.79 Å². The summed E-state index contributed by atoms with van der Waals surface area (Å²) in [4.78, 5) is 96.2. The molecule has 70 heavy (non-hydrogen) atoms. The molecule has 2 heterocycles. The Morgan fingerprint density at radius 3 is 1.84 bits per heavy atom. The van der Waals surface area contributed by atoms with Crippen molar-refractivity contribution in [2.75, 3.05) is 13.1 Å². The van der Waals surface area contributed by atoms with Crippen molar-refractivity contribution >= 4 is 47.4 Å². The Labute approximate surface area is 402 Å². The second-order valence-corrected chi connectivity index (χ2v) is 16.9. The normalized spacial score (nSPS) is 18.2. The maximum Gasteiger partial charge on any atom is 0.490 e. The SMILES string of the molecule is NC(N)=NCCCC(NC(=O)[C@@H]1CC(Cc2ccccc2)C2CCC(NC(=O)c3ccccc3)C(=O)N21)C(=O)N[C@@H](CC(=O)O)C(=O)NCCC(c1ccccc1)c1ccccc1.O=C(O)C(F)(F)F. The molecule has 4 unspecified atom stereocenters. The lowest BCUT2D eigenvalue weighted by molar-refractivity contribution is -0.192. The number of hydrogen-bond donors (Lipinski definition) is 8. The molecule has 372 valence electrons. The van der Waals surface area contributed by atoms with Crippen LogP contribution in [0.25, 0.3) is 0 Å². The van der Waals surface area contributed by atoms with Crippen LogP contribution in [0.1, 0.15) is 77.9 Å². The minimum atomic E-state index is -5.08. The number of carboxylic acids is 2. The van der Waals surface area contributed by atoms with Gasteiger partial charge in [-0.2, -0.15) is 13.2 Å². The van der Waals surface area contributed by atoms with Gasteiger partial charge in [-0.1, -0.05) is 109 Å². The standard InChI is InChI=1S/C48H56N8O7.C2HF3O2/c49-48(50)52-26-13-22-37(45(61)55-39(30-42(57)58)44(60)51-27-25-36(32-16-7-2-8-17-32)33-18-9-3-10-19-33)53-46(62)41-29-35(28-31-14-5-1-6-15-31)40-24-23-38(47(63)56(40)41)54-43(59)34-20-11-4-12-21-34;3-2(4,5)1(6)7/h1-12,14-21,35-41H,13,22-30H2,(H,51,60)(H,53,62)(H,54,59)(H,55,61)(H,57,58)(H4,49,50,52);(H,6,7)/t35?,37?,38?,39-,40?,41-;/m0./s1. The number of benzene rings is 4. The zero-order valence-corrected chi connectivity index (χ0v) is 38.1. The molecular weight excluding hydrogens is 914 g/mol. The van der Waals surface area contributed by atoms with Gasteiger partial charge in [0.05, 0.1) is 6.42 Å². The molecule has 20 heteroatoms. The lowest BCUT2D eigenvalue weighted by atomic mass is 9.86. The van der Waals surface area contributed by atoms with E-state index in [0.29, 0.717) is 37.7 Å². The number of nitrogens with zero attached hydrogens (tertiary/aromatic N) is 2. The van der Waals surface area contributed by atoms with E-state index in [-0.39, 0.29) is 55.7 Å². The van der Waals surface area contributed by atoms with Crippen LogP contribution in [0, 0.1) is 5.92 Å². The van der Waals surface area contributed by atoms with E-state index in [2.05, 4.69) is 26.3 Å². The topological polar surface area (TPSA) is 276 Å². The number of carbonyl (C=O) groups is 7. The number of halogens is 3. The Morgan fingerprint density at radius 2 is 1.30 bits per heavy atom. The van der Waals surface area contributed by atoms with Crippen molar-refractivity contribution in [2.45, 2.75) is 93.7 Å². The molecule has 2 aliphatic heterocycles. The van der Waals surface area contributed by atoms with Gasteiger partial charge in [0.1, 0.15) is 24.2 Å². The maximum atomic E-state index is 14.5. The third-order valence-corrected chi connectivity index (χ3v) is 12.0. The molecule has 6 atom stereocenters. The lowest BCUT2D eigenvalue weighted by Gasteiger charge is -2.39. The van der Waals surface area contributed by atoms with Crippen molar-refractivity contribution in [3.05, 3.63) is 144 Å². The van der Waals surface area contributed by atoms with E-state index < -0.39 is 72.3 Å². The number of amides is 5. The summed E-state index contributed by atoms with van der Waals surface area (Å²) in [6.45, 7) is 0.310. The Hall–Kier alpha value is -7.77. The summed E-state index contributed by atoms with van der Waals surface area (Å²) >= 11 is 0. The fraction of sp³-hybridized carbons (Fsp3) is 0.360. The number of fused-ring (bicyclic) bond motifs is 1. The van der Waals surface area contributed by atoms with E-state index >= 15 is 0 Å². The minimum absolute atomic E-state index is 0.0267. The van der Waals surface area contributed by atoms with Gasteiger partial charge in [0.2, 0.25) is 23.6 Å². The Bertz CT molecular complexity index is 2390. The number of rotatable bonds is 20. The molecule has 0 spiro atoms. The molecule has 5 amide bonds. The van der Waals surface area contributed by atoms with E-state index in [1.807, 2.05) is 91.0 Å². The number of guanidine groups is 1. The van der Waals surface area contributed by atoms with Gasteiger partial charge in [0, 0.05) is 30.6 Å². The van der Waals surface area contributed by atoms with Crippen LogP contribution >= 0.6 is 0 Å². The fourth-order valence-corrected chi connectivity index (χ4v) is 8.74. The molecule has 0 aromatic heterocycles. The highest BCUT2D eigenvalue weighted by molar-refractivity contribution is 6.00. The van der Waals surface area contributed by atoms with Gasteiger partial charge < -0.3 is 47.8 Å². The van der Waals surface area contributed by atoms with Crippen LogP contribution in [0.2, 0.25) is 0 Å². The first-order chi connectivity index (χ1) is 33.4. The van der Waals surface area contributed by atoms with Gasteiger partial charge in [-0.05, 0) is 79.7 Å². The monoisotopic (exact) mass is 970 g/mol. The van der Waals surface area contributed by atoms with Crippen LogP contribution in [-0.2, 0) is 35.2 Å². The van der Waals surface area contributed by atoms with Crippen LogP contribution < -0.4 is 32.7 Å². The number of aliphatic carboxylic acids is 2. The number of piperidine rings is 1. The zero-order valence-electron chi connectivity index (χ0n) is 38.1. The third kappa shape index (κ3) is 15.6. The van der Waals surface area contributed by atoms with E-state index in [0.717, 1.165) is 16.7 Å². The summed E-state index contributed by atoms with van der Waals surface area (Å²) in [5, 5.41) is 28.0. The molecule has 6 rings (SSSR count). The fourth-order valence-electron chi connectivity index (χ4n) is 8.74. The van der Waals surface area contributed by atoms with Crippen LogP contribution in [0.5, 0.6) is 0 Å². The largest absolute Gasteiger partial charge is 0.490 e. The molecule has 10 N–H and O–H groups in total. The minimum Gasteiger partial charge on any atom is -0.481 e. The van der Waals surface area contributed by atoms with Gasteiger partial charge in [-0.15, -0.1) is 0 Å². The smallest absolute Gasteiger partial charge is 0.481 e. The number of carbonyl (C=O) groups excluding carboxylic acids is 5. The van der Waals surface area contributed by atoms with Crippen molar-refractivity contribution < 1.29 is 56.9 Å². The molecular formula is C50H57F3N8O9. The molecule has 0 radical (unpaired) electrons. The van der Waals surface area contributed by atoms with Crippen LogP contribution in [-0.4, -0.2) is 112 Å². The van der Waals surface area contributed by atoms with Crippen LogP contribution in [0.15, 0.2) is 126 Å². The lowest BCUT2D eigenvalue weighted by Crippen LogP contribution is -2.61. The second-order valence-electron chi connectivity index (χ2n) is 16.9. The Balaban J connectivity index is 0.00000121. The number of carboxylic acid groups (broad SMARTS) is 2. The summed E-state index contributed by atoms with van der Waals surface area (Å²) in [5.74, 6) is -7.24. The zero-order chi connectivity index (χ0) is 50.8. The molecule has 17 nitrogen and oxygen atoms in total. The highest BCUT2D eigenvalue weighted by atomic mass is 19.4. The molecule has 4 aromatic carbocycles. The first-order valence-corrected chi connectivity index (χ1v) is 22.7. The average molecular weight is 971 g/mol. The molecule has 2 saturated heterocycles. The van der Waals surface area contributed by atoms with Gasteiger partial charge >= 0.3 is 18.1 Å². The van der Waals surface area contributed by atoms with Crippen LogP contribution in [0.4, 0.5) is 13.2 Å². The highest BCUT2D eigenvalue weighted by Gasteiger charge is 2.51. The first kappa shape index (κ1) is 53.2. The molecule has 2 fully saturated rings. The first-order valence-electron chi connectivity index (χ1n) is 22.7. The van der Waals surface area contributed by atoms with Crippen molar-refractivity contribution in [3.8, 4) is 0 Å². The van der Waals surface area contributed by atoms with E-state index in [1.165, 1.54) is 0 Å². The van der Waals surface area contributed by atoms with Crippen LogP contribution in [0.3, 0.4) is 0 Å². The second kappa shape index (κ2) is 25.6. The van der Waals surface area contributed by atoms with Crippen molar-refractivity contribution in [1.29, 1.82) is 0 Å². The number of nitrogens with two attached hydrogens (primary N) is 2. The third-order valence-electron chi connectivity index (χ3n) is 12.0. The maximum absolute atomic E-state index is 14.5. The predicted octanol–water partition coefficient (Wildman–Crippen LogP) is 3.88. The van der Waals surface area contributed by atoms with E-state index in [1.54, 1.807) is 35.2 Å². The molecule has 0 aliphatic carbocycles. The quantitative estimate of drug-likeness (QED) is 0.0358. The molecule has 0 bridgehead atoms. The molecule has 4 aromatic rings. The molecule has 2 aliphatic rings. The number of nitrogens with one attached hydrogen (secondary N) is 4. The highest BCUT2D eigenvalue weighted by Crippen LogP contribution is 2.39. The van der Waals surface area contributed by atoms with Crippen molar-refractivity contribution in [1.82, 2.24) is 26.2 Å².